The Labute approximate surface area is 214 Å². The third-order valence-electron chi connectivity index (χ3n) is 3.86. The average molecular weight is 552 g/mol. The van der Waals surface area contributed by atoms with Crippen LogP contribution in [0.5, 0.6) is 0 Å². The molecule has 0 amide bonds. The van der Waals surface area contributed by atoms with Crippen LogP contribution >= 0.6 is 24.5 Å². The Bertz CT molecular complexity index is 370. The molecule has 0 aromatic rings. The van der Waals surface area contributed by atoms with Gasteiger partial charge in [-0.1, -0.05) is 76.9 Å². The van der Waals surface area contributed by atoms with Gasteiger partial charge in [0.25, 0.3) is 0 Å². The minimum absolute atomic E-state index is 0. The summed E-state index contributed by atoms with van der Waals surface area (Å²) in [4.78, 5) is 67.8. The molecule has 0 fully saturated rings. The van der Waals surface area contributed by atoms with Gasteiger partial charge in [0.2, 0.25) is 0 Å². The molecule has 0 aromatic heterocycles. The zero-order valence-corrected chi connectivity index (χ0v) is 24.7. The first kappa shape index (κ1) is 41.3. The number of rotatable bonds is 17. The SMILES string of the molecule is CCCCCCCCC=CCCCCCCCCOP(O)O.C[PH](O)(O)O.C[PH]([O-])([O-])[O-].[Al+3]. The van der Waals surface area contributed by atoms with Gasteiger partial charge in [-0.3, -0.25) is 0 Å². The molecule has 0 saturated heterocycles. The summed E-state index contributed by atoms with van der Waals surface area (Å²) in [6.07, 6.45) is 22.6. The van der Waals surface area contributed by atoms with E-state index in [1.807, 2.05) is 0 Å². The van der Waals surface area contributed by atoms with Crippen LogP contribution in [-0.2, 0) is 4.52 Å². The Hall–Kier alpha value is 1.20. The largest absolute Gasteiger partial charge is 3.00 e. The van der Waals surface area contributed by atoms with Gasteiger partial charge in [-0.05, 0) is 32.1 Å². The van der Waals surface area contributed by atoms with Crippen molar-refractivity contribution in [3.63, 3.8) is 0 Å². The van der Waals surface area contributed by atoms with Crippen LogP contribution in [0, 0.1) is 0 Å². The maximum absolute atomic E-state index is 9.13. The Morgan fingerprint density at radius 2 is 1.00 bits per heavy atom. The van der Waals surface area contributed by atoms with Crippen LogP contribution in [0.25, 0.3) is 0 Å². The van der Waals surface area contributed by atoms with Crippen molar-refractivity contribution in [2.75, 3.05) is 19.9 Å². The van der Waals surface area contributed by atoms with Crippen molar-refractivity contribution in [1.29, 1.82) is 0 Å². The third kappa shape index (κ3) is 79.2. The number of unbranched alkanes of at least 4 members (excludes halogenated alkanes) is 12. The van der Waals surface area contributed by atoms with Crippen LogP contribution < -0.4 is 14.7 Å². The molecule has 0 aliphatic rings. The van der Waals surface area contributed by atoms with E-state index < -0.39 is 24.5 Å². The van der Waals surface area contributed by atoms with Gasteiger partial charge in [0, 0.05) is 0 Å². The molecule has 13 heteroatoms. The second kappa shape index (κ2) is 29.4. The minimum atomic E-state index is -4.36. The summed E-state index contributed by atoms with van der Waals surface area (Å²) in [6.45, 7) is 4.39. The molecule has 0 spiro atoms. The van der Waals surface area contributed by atoms with Crippen LogP contribution in [0.1, 0.15) is 96.8 Å². The van der Waals surface area contributed by atoms with Crippen molar-refractivity contribution in [3.8, 4) is 0 Å². The molecule has 0 aliphatic heterocycles. The Morgan fingerprint density at radius 3 is 1.33 bits per heavy atom. The van der Waals surface area contributed by atoms with Crippen LogP contribution in [0.4, 0.5) is 0 Å². The summed E-state index contributed by atoms with van der Waals surface area (Å²) in [5, 5.41) is 0. The van der Waals surface area contributed by atoms with E-state index in [1.54, 1.807) is 0 Å². The van der Waals surface area contributed by atoms with Crippen molar-refractivity contribution in [1.82, 2.24) is 0 Å². The van der Waals surface area contributed by atoms with E-state index in [-0.39, 0.29) is 17.4 Å². The van der Waals surface area contributed by atoms with E-state index in [1.165, 1.54) is 77.0 Å². The molecule has 9 nitrogen and oxygen atoms in total. The zero-order valence-electron chi connectivity index (χ0n) is 20.7. The van der Waals surface area contributed by atoms with Gasteiger partial charge in [0.05, 0.1) is 6.61 Å². The monoisotopic (exact) mass is 552 g/mol. The van der Waals surface area contributed by atoms with E-state index in [9.17, 15) is 0 Å². The molecule has 0 aliphatic carbocycles. The third-order valence-corrected chi connectivity index (χ3v) is 4.28. The van der Waals surface area contributed by atoms with Crippen molar-refractivity contribution in [3.05, 3.63) is 12.2 Å². The quantitative estimate of drug-likeness (QED) is 0.0782. The predicted octanol–water partition coefficient (Wildman–Crippen LogP) is 2.15. The predicted molar refractivity (Wildman–Crippen MR) is 138 cm³/mol. The van der Waals surface area contributed by atoms with Crippen LogP contribution in [-0.4, -0.2) is 61.8 Å². The Kier molecular flexibility index (Phi) is 36.9. The second-order valence-corrected chi connectivity index (χ2v) is 12.3. The first-order valence-electron chi connectivity index (χ1n) is 11.5. The fourth-order valence-electron chi connectivity index (χ4n) is 2.50. The maximum Gasteiger partial charge on any atom is 3.00 e. The Morgan fingerprint density at radius 1 is 0.697 bits per heavy atom. The average Bonchev–Trinajstić information content (AvgIpc) is 2.61. The van der Waals surface area contributed by atoms with Crippen LogP contribution in [0.15, 0.2) is 12.2 Å². The van der Waals surface area contributed by atoms with Crippen molar-refractivity contribution in [2.24, 2.45) is 0 Å². The van der Waals surface area contributed by atoms with Gasteiger partial charge in [-0.2, -0.15) is 0 Å². The topological polar surface area (TPSA) is 180 Å². The zero-order chi connectivity index (χ0) is 25.3. The molecule has 0 aromatic carbocycles. The molecule has 0 saturated carbocycles. The summed E-state index contributed by atoms with van der Waals surface area (Å²) < 4.78 is 4.73. The Balaban J connectivity index is -0.000000318. The first-order chi connectivity index (χ1) is 14.8. The number of hydrogen-bond donors (Lipinski definition) is 5. The van der Waals surface area contributed by atoms with E-state index in [2.05, 4.69) is 19.1 Å². The molecule has 33 heavy (non-hydrogen) atoms. The molecule has 0 atom stereocenters. The molecule has 0 unspecified atom stereocenters. The first-order valence-corrected chi connectivity index (χ1v) is 17.2. The molecular weight excluding hydrogens is 504 g/mol. The molecule has 5 N–H and O–H groups in total. The van der Waals surface area contributed by atoms with Gasteiger partial charge < -0.3 is 14.3 Å². The normalized spacial score (nSPS) is 12.5. The summed E-state index contributed by atoms with van der Waals surface area (Å²) in [5.41, 5.74) is 0. The maximum atomic E-state index is 9.13. The van der Waals surface area contributed by atoms with E-state index in [0.717, 1.165) is 19.5 Å². The van der Waals surface area contributed by atoms with E-state index >= 15 is 0 Å². The van der Waals surface area contributed by atoms with Gasteiger partial charge in [0.1, 0.15) is 0 Å². The molecule has 0 radical (unpaired) electrons. The smallest absolute Gasteiger partial charge is 3.00 e. The molecule has 0 rings (SSSR count). The van der Waals surface area contributed by atoms with E-state index in [4.69, 9.17) is 43.7 Å². The summed E-state index contributed by atoms with van der Waals surface area (Å²) in [7, 11) is -10.1. The van der Waals surface area contributed by atoms with E-state index in [0.29, 0.717) is 13.3 Å². The fourth-order valence-corrected chi connectivity index (χ4v) is 2.79. The summed E-state index contributed by atoms with van der Waals surface area (Å²) >= 11 is 0. The van der Waals surface area contributed by atoms with Gasteiger partial charge in [-0.15, -0.1) is 0 Å². The van der Waals surface area contributed by atoms with Gasteiger partial charge >= 0.3 is 84.5 Å². The van der Waals surface area contributed by atoms with Crippen LogP contribution in [0.3, 0.4) is 0 Å². The summed E-state index contributed by atoms with van der Waals surface area (Å²) in [6, 6.07) is 0. The van der Waals surface area contributed by atoms with Gasteiger partial charge in [0.15, 0.2) is 0 Å². The molecule has 200 valence electrons. The second-order valence-electron chi connectivity index (χ2n) is 7.86. The molecule has 0 heterocycles. The van der Waals surface area contributed by atoms with Gasteiger partial charge in [-0.25, -0.2) is 0 Å². The summed E-state index contributed by atoms with van der Waals surface area (Å²) in [5.74, 6) is 0. The standard InChI is InChI=1S/C18H37O3P.CH7O3P.CH4O3P.Al/c1-2-3-4-5-6-7-8-9-10-11-12-13-14-15-16-17-18-21-22(19)20;2*1-5(2,3)4;/h9-10,19-20H,2-8,11-18H2,1H3;2-5H,1H3;5H,1H3;/q;;-3;+3. The molecular formula is C20H48AlO9P3. The van der Waals surface area contributed by atoms with Crippen LogP contribution in [0.2, 0.25) is 0 Å². The van der Waals surface area contributed by atoms with Crippen molar-refractivity contribution < 1.29 is 43.7 Å². The van der Waals surface area contributed by atoms with Crippen molar-refractivity contribution in [2.45, 2.75) is 96.8 Å². The minimum Gasteiger partial charge on any atom is 3.00 e. The van der Waals surface area contributed by atoms with Crippen molar-refractivity contribution >= 4 is 41.9 Å². The number of allylic oxidation sites excluding steroid dienone is 2. The fraction of sp³-hybridized carbons (Fsp3) is 0.900. The molecule has 0 bridgehead atoms. The number of hydrogen-bond acceptors (Lipinski definition) is 9.